The highest BCUT2D eigenvalue weighted by atomic mass is 35.5. The van der Waals surface area contributed by atoms with Gasteiger partial charge in [0.15, 0.2) is 0 Å². The zero-order valence-corrected chi connectivity index (χ0v) is 10.2. The van der Waals surface area contributed by atoms with Crippen molar-refractivity contribution in [2.45, 2.75) is 6.92 Å². The van der Waals surface area contributed by atoms with E-state index in [0.717, 1.165) is 0 Å². The molecule has 0 unspecified atom stereocenters. The van der Waals surface area contributed by atoms with Crippen molar-refractivity contribution >= 4 is 28.9 Å². The molecule has 0 bridgehead atoms. The molecule has 5 nitrogen and oxygen atoms in total. The molecule has 2 rings (SSSR count). The number of rotatable bonds is 2. The fourth-order valence-corrected chi connectivity index (χ4v) is 2.03. The molecule has 0 amide bonds. The first kappa shape index (κ1) is 11.9. The van der Waals surface area contributed by atoms with E-state index in [9.17, 15) is 10.1 Å². The van der Waals surface area contributed by atoms with Crippen LogP contribution in [0.2, 0.25) is 10.2 Å². The maximum absolute atomic E-state index is 10.8. The van der Waals surface area contributed by atoms with Crippen LogP contribution in [0.25, 0.3) is 5.69 Å². The van der Waals surface area contributed by atoms with E-state index in [0.29, 0.717) is 10.7 Å². The van der Waals surface area contributed by atoms with Crippen LogP contribution in [0.4, 0.5) is 5.69 Å². The van der Waals surface area contributed by atoms with Gasteiger partial charge in [0.05, 0.1) is 15.6 Å². The van der Waals surface area contributed by atoms with E-state index >= 15 is 0 Å². The van der Waals surface area contributed by atoms with Gasteiger partial charge < -0.3 is 0 Å². The monoisotopic (exact) mass is 271 g/mol. The number of aryl methyl sites for hydroxylation is 1. The molecule has 7 heteroatoms. The molecule has 0 saturated carbocycles. The molecule has 0 saturated heterocycles. The van der Waals surface area contributed by atoms with Crippen molar-refractivity contribution in [1.29, 1.82) is 0 Å². The van der Waals surface area contributed by atoms with Gasteiger partial charge in [0.2, 0.25) is 5.15 Å². The molecule has 1 aromatic heterocycles. The molecule has 0 aliphatic carbocycles. The average molecular weight is 272 g/mol. The summed E-state index contributed by atoms with van der Waals surface area (Å²) in [7, 11) is 0. The normalized spacial score (nSPS) is 10.5. The van der Waals surface area contributed by atoms with Crippen LogP contribution >= 0.6 is 23.2 Å². The van der Waals surface area contributed by atoms with Gasteiger partial charge in [0, 0.05) is 0 Å². The fraction of sp³-hybridized carbons (Fsp3) is 0.100. The number of para-hydroxylation sites is 1. The summed E-state index contributed by atoms with van der Waals surface area (Å²) in [5.41, 5.74) is 0.557. The summed E-state index contributed by atoms with van der Waals surface area (Å²) < 4.78 is 1.26. The molecule has 88 valence electrons. The highest BCUT2D eigenvalue weighted by Crippen LogP contribution is 2.32. The van der Waals surface area contributed by atoms with Gasteiger partial charge in [0.1, 0.15) is 5.69 Å². The van der Waals surface area contributed by atoms with Crippen LogP contribution in [-0.2, 0) is 0 Å². The second kappa shape index (κ2) is 4.35. The van der Waals surface area contributed by atoms with Gasteiger partial charge in [-0.25, -0.2) is 4.68 Å². The number of aromatic nitrogens is 2. The van der Waals surface area contributed by atoms with Gasteiger partial charge in [-0.05, 0) is 19.1 Å². The first-order valence-electron chi connectivity index (χ1n) is 4.66. The number of hydrogen-bond acceptors (Lipinski definition) is 3. The van der Waals surface area contributed by atoms with Crippen LogP contribution in [0, 0.1) is 17.0 Å². The van der Waals surface area contributed by atoms with Gasteiger partial charge in [0.25, 0.3) is 0 Å². The summed E-state index contributed by atoms with van der Waals surface area (Å²) in [6, 6.07) is 6.85. The predicted molar refractivity (Wildman–Crippen MR) is 65.0 cm³/mol. The van der Waals surface area contributed by atoms with E-state index in [1.807, 2.05) is 0 Å². The van der Waals surface area contributed by atoms with Gasteiger partial charge in [-0.15, -0.1) is 0 Å². The second-order valence-electron chi connectivity index (χ2n) is 3.35. The second-order valence-corrected chi connectivity index (χ2v) is 4.11. The molecule has 0 N–H and O–H groups in total. The van der Waals surface area contributed by atoms with Crippen LogP contribution in [0.3, 0.4) is 0 Å². The van der Waals surface area contributed by atoms with E-state index in [4.69, 9.17) is 23.2 Å². The van der Waals surface area contributed by atoms with E-state index < -0.39 is 4.92 Å². The lowest BCUT2D eigenvalue weighted by molar-refractivity contribution is -0.385. The quantitative estimate of drug-likeness (QED) is 0.621. The number of benzene rings is 1. The van der Waals surface area contributed by atoms with E-state index in [1.165, 1.54) is 11.6 Å². The van der Waals surface area contributed by atoms with Crippen molar-refractivity contribution in [1.82, 2.24) is 9.78 Å². The Morgan fingerprint density at radius 1 is 1.35 bits per heavy atom. The van der Waals surface area contributed by atoms with Crippen LogP contribution in [-0.4, -0.2) is 14.7 Å². The Morgan fingerprint density at radius 2 is 2.00 bits per heavy atom. The maximum Gasteiger partial charge on any atom is 0.329 e. The molecule has 0 atom stereocenters. The van der Waals surface area contributed by atoms with Crippen LogP contribution < -0.4 is 0 Å². The lowest BCUT2D eigenvalue weighted by Crippen LogP contribution is -1.97. The minimum Gasteiger partial charge on any atom is -0.258 e. The summed E-state index contributed by atoms with van der Waals surface area (Å²) in [6.07, 6.45) is 0. The molecule has 0 aliphatic heterocycles. The minimum atomic E-state index is -0.558. The topological polar surface area (TPSA) is 61.0 Å². The van der Waals surface area contributed by atoms with Crippen molar-refractivity contribution in [3.8, 4) is 5.69 Å². The Bertz CT molecular complexity index is 595. The minimum absolute atomic E-state index is 0.0550. The van der Waals surface area contributed by atoms with Crippen molar-refractivity contribution < 1.29 is 4.92 Å². The molecule has 0 fully saturated rings. The average Bonchev–Trinajstić information content (AvgIpc) is 2.55. The van der Waals surface area contributed by atoms with Crippen molar-refractivity contribution in [2.75, 3.05) is 0 Å². The molecule has 17 heavy (non-hydrogen) atoms. The van der Waals surface area contributed by atoms with Gasteiger partial charge >= 0.3 is 5.69 Å². The summed E-state index contributed by atoms with van der Waals surface area (Å²) >= 11 is 11.9. The standard InChI is InChI=1S/C10H7Cl2N3O2/c1-6-9(15(16)17)10(12)14(13-6)8-5-3-2-4-7(8)11/h2-5H,1H3. The number of hydrogen-bond donors (Lipinski definition) is 0. The molecular formula is C10H7Cl2N3O2. The Hall–Kier alpha value is -1.59. The Balaban J connectivity index is 2.66. The smallest absolute Gasteiger partial charge is 0.258 e. The number of halogens is 2. The van der Waals surface area contributed by atoms with Gasteiger partial charge in [-0.2, -0.15) is 5.10 Å². The molecular weight excluding hydrogens is 265 g/mol. The zero-order valence-electron chi connectivity index (χ0n) is 8.72. The van der Waals surface area contributed by atoms with Crippen LogP contribution in [0.1, 0.15) is 5.69 Å². The van der Waals surface area contributed by atoms with Gasteiger partial charge in [-0.3, -0.25) is 10.1 Å². The molecule has 2 aromatic rings. The Kier molecular flexibility index (Phi) is 3.04. The lowest BCUT2D eigenvalue weighted by Gasteiger charge is -2.03. The SMILES string of the molecule is Cc1nn(-c2ccccc2Cl)c(Cl)c1[N+](=O)[O-]. The molecule has 1 heterocycles. The predicted octanol–water partition coefficient (Wildman–Crippen LogP) is 3.40. The fourth-order valence-electron chi connectivity index (χ4n) is 1.48. The highest BCUT2D eigenvalue weighted by Gasteiger charge is 2.25. The van der Waals surface area contributed by atoms with Crippen LogP contribution in [0.5, 0.6) is 0 Å². The molecule has 1 aromatic carbocycles. The third-order valence-electron chi connectivity index (χ3n) is 2.24. The van der Waals surface area contributed by atoms with Crippen molar-refractivity contribution in [3.63, 3.8) is 0 Å². The van der Waals surface area contributed by atoms with Crippen LogP contribution in [0.15, 0.2) is 24.3 Å². The molecule has 0 radical (unpaired) electrons. The van der Waals surface area contributed by atoms with E-state index in [2.05, 4.69) is 5.10 Å². The third kappa shape index (κ3) is 1.99. The molecule has 0 aliphatic rings. The number of nitrogens with zero attached hydrogens (tertiary/aromatic N) is 3. The Labute approximate surface area is 107 Å². The first-order chi connectivity index (χ1) is 8.02. The summed E-state index contributed by atoms with van der Waals surface area (Å²) in [5, 5.41) is 15.2. The molecule has 0 spiro atoms. The van der Waals surface area contributed by atoms with E-state index in [1.54, 1.807) is 24.3 Å². The maximum atomic E-state index is 10.8. The first-order valence-corrected chi connectivity index (χ1v) is 5.42. The largest absolute Gasteiger partial charge is 0.329 e. The highest BCUT2D eigenvalue weighted by molar-refractivity contribution is 6.34. The van der Waals surface area contributed by atoms with Gasteiger partial charge in [-0.1, -0.05) is 35.3 Å². The number of nitro groups is 1. The third-order valence-corrected chi connectivity index (χ3v) is 2.90. The summed E-state index contributed by atoms with van der Waals surface area (Å²) in [4.78, 5) is 10.2. The summed E-state index contributed by atoms with van der Waals surface area (Å²) in [5.74, 6) is 0. The van der Waals surface area contributed by atoms with E-state index in [-0.39, 0.29) is 16.5 Å². The lowest BCUT2D eigenvalue weighted by atomic mass is 10.3. The zero-order chi connectivity index (χ0) is 12.6. The summed E-state index contributed by atoms with van der Waals surface area (Å²) in [6.45, 7) is 1.53. The Morgan fingerprint density at radius 3 is 2.53 bits per heavy atom. The van der Waals surface area contributed by atoms with Crippen molar-refractivity contribution in [2.24, 2.45) is 0 Å². The van der Waals surface area contributed by atoms with Crippen molar-refractivity contribution in [3.05, 3.63) is 50.2 Å².